The van der Waals surface area contributed by atoms with Gasteiger partial charge in [-0.15, -0.1) is 0 Å². The summed E-state index contributed by atoms with van der Waals surface area (Å²) >= 11 is 0. The summed E-state index contributed by atoms with van der Waals surface area (Å²) in [5.41, 5.74) is 4.01. The van der Waals surface area contributed by atoms with Crippen molar-refractivity contribution in [1.29, 1.82) is 0 Å². The van der Waals surface area contributed by atoms with Crippen molar-refractivity contribution in [3.8, 4) is 5.75 Å². The molecule has 1 unspecified atom stereocenters. The van der Waals surface area contributed by atoms with Crippen molar-refractivity contribution in [1.82, 2.24) is 5.32 Å². The molecule has 4 nitrogen and oxygen atoms in total. The molecular formula is C17H15NO3. The van der Waals surface area contributed by atoms with Gasteiger partial charge in [-0.1, -0.05) is 18.2 Å². The minimum absolute atomic E-state index is 0.142. The molecule has 106 valence electrons. The fraction of sp³-hybridized carbons (Fsp3) is 0.294. The fourth-order valence-corrected chi connectivity index (χ4v) is 3.53. The summed E-state index contributed by atoms with van der Waals surface area (Å²) in [6, 6.07) is 7.49. The number of rotatable bonds is 0. The first-order valence-corrected chi connectivity index (χ1v) is 7.22. The normalized spacial score (nSPS) is 24.0. The van der Waals surface area contributed by atoms with Gasteiger partial charge < -0.3 is 10.1 Å². The van der Waals surface area contributed by atoms with Crippen LogP contribution in [0.5, 0.6) is 5.75 Å². The molecule has 4 heteroatoms. The highest BCUT2D eigenvalue weighted by Crippen LogP contribution is 2.47. The summed E-state index contributed by atoms with van der Waals surface area (Å²) in [6.45, 7) is 1.88. The highest BCUT2D eigenvalue weighted by atomic mass is 16.5. The number of hydrogen-bond donors (Lipinski definition) is 1. The molecule has 0 saturated heterocycles. The number of ether oxygens (including phenoxy) is 1. The molecule has 4 rings (SSSR count). The van der Waals surface area contributed by atoms with Gasteiger partial charge in [0.1, 0.15) is 5.75 Å². The van der Waals surface area contributed by atoms with Crippen molar-refractivity contribution in [2.75, 3.05) is 0 Å². The number of Topliss-reactive ketones (excluding diaryl/α,β-unsaturated/α-hetero) is 1. The standard InChI is InChI=1S/C17H15NO3/c1-9-14-15(16-11(18-9)6-4-7-12(16)19)10-5-2-3-8-13(10)21-17(14)20/h2-3,5,8,15,18H,4,6-7H2,1H3. The smallest absolute Gasteiger partial charge is 0.342 e. The number of para-hydroxylation sites is 1. The number of fused-ring (bicyclic) bond motifs is 4. The summed E-state index contributed by atoms with van der Waals surface area (Å²) < 4.78 is 5.42. The Morgan fingerprint density at radius 3 is 2.81 bits per heavy atom. The number of dihydropyridines is 1. The van der Waals surface area contributed by atoms with Gasteiger partial charge in [-0.3, -0.25) is 4.79 Å². The second-order valence-corrected chi connectivity index (χ2v) is 5.69. The van der Waals surface area contributed by atoms with E-state index in [9.17, 15) is 9.59 Å². The molecule has 2 aliphatic heterocycles. The van der Waals surface area contributed by atoms with Gasteiger partial charge in [0.2, 0.25) is 0 Å². The van der Waals surface area contributed by atoms with Crippen LogP contribution in [0.2, 0.25) is 0 Å². The number of carbonyl (C=O) groups excluding carboxylic acids is 2. The first-order valence-electron chi connectivity index (χ1n) is 7.22. The van der Waals surface area contributed by atoms with E-state index in [0.717, 1.165) is 35.4 Å². The predicted octanol–water partition coefficient (Wildman–Crippen LogP) is 2.57. The van der Waals surface area contributed by atoms with Crippen molar-refractivity contribution < 1.29 is 14.3 Å². The minimum atomic E-state index is -0.353. The molecule has 0 bridgehead atoms. The lowest BCUT2D eigenvalue weighted by molar-refractivity contribution is -0.131. The molecule has 21 heavy (non-hydrogen) atoms. The zero-order chi connectivity index (χ0) is 14.6. The average Bonchev–Trinajstić information content (AvgIpc) is 2.46. The number of hydrogen-bond acceptors (Lipinski definition) is 4. The van der Waals surface area contributed by atoms with Crippen LogP contribution < -0.4 is 10.1 Å². The summed E-state index contributed by atoms with van der Waals surface area (Å²) in [5, 5.41) is 3.25. The largest absolute Gasteiger partial charge is 0.423 e. The Labute approximate surface area is 122 Å². The molecule has 0 amide bonds. The zero-order valence-corrected chi connectivity index (χ0v) is 11.7. The Morgan fingerprint density at radius 2 is 1.95 bits per heavy atom. The molecular weight excluding hydrogens is 266 g/mol. The van der Waals surface area contributed by atoms with Crippen LogP contribution in [0.4, 0.5) is 0 Å². The fourth-order valence-electron chi connectivity index (χ4n) is 3.53. The van der Waals surface area contributed by atoms with Crippen molar-refractivity contribution in [2.45, 2.75) is 32.1 Å². The van der Waals surface area contributed by atoms with E-state index in [2.05, 4.69) is 5.32 Å². The summed E-state index contributed by atoms with van der Waals surface area (Å²) in [4.78, 5) is 24.8. The van der Waals surface area contributed by atoms with E-state index in [1.807, 2.05) is 25.1 Å². The Morgan fingerprint density at radius 1 is 1.14 bits per heavy atom. The molecule has 2 heterocycles. The number of allylic oxidation sites excluding steroid dienone is 3. The topological polar surface area (TPSA) is 55.4 Å². The summed E-state index contributed by atoms with van der Waals surface area (Å²) in [6.07, 6.45) is 2.28. The van der Waals surface area contributed by atoms with E-state index in [4.69, 9.17) is 4.74 Å². The van der Waals surface area contributed by atoms with Gasteiger partial charge in [0.15, 0.2) is 5.78 Å². The Balaban J connectivity index is 1.98. The Bertz CT molecular complexity index is 742. The van der Waals surface area contributed by atoms with Crippen LogP contribution >= 0.6 is 0 Å². The van der Waals surface area contributed by atoms with Gasteiger partial charge in [0.25, 0.3) is 0 Å². The van der Waals surface area contributed by atoms with Gasteiger partial charge in [0.05, 0.1) is 11.5 Å². The molecule has 3 aliphatic rings. The van der Waals surface area contributed by atoms with Crippen LogP contribution in [0.15, 0.2) is 46.8 Å². The van der Waals surface area contributed by atoms with Gasteiger partial charge in [-0.25, -0.2) is 4.79 Å². The average molecular weight is 281 g/mol. The number of ketones is 1. The zero-order valence-electron chi connectivity index (χ0n) is 11.7. The molecule has 1 atom stereocenters. The third-order valence-corrected chi connectivity index (χ3v) is 4.43. The van der Waals surface area contributed by atoms with Crippen LogP contribution in [-0.2, 0) is 9.59 Å². The Hall–Kier alpha value is -2.36. The highest BCUT2D eigenvalue weighted by molar-refractivity contribution is 6.05. The molecule has 0 saturated carbocycles. The Kier molecular flexibility index (Phi) is 2.55. The van der Waals surface area contributed by atoms with E-state index >= 15 is 0 Å². The number of nitrogens with one attached hydrogen (secondary N) is 1. The van der Waals surface area contributed by atoms with Crippen molar-refractivity contribution in [3.63, 3.8) is 0 Å². The maximum absolute atomic E-state index is 12.4. The predicted molar refractivity (Wildman–Crippen MR) is 76.5 cm³/mol. The quantitative estimate of drug-likeness (QED) is 0.586. The third-order valence-electron chi connectivity index (χ3n) is 4.43. The molecule has 0 spiro atoms. The molecule has 1 N–H and O–H groups in total. The van der Waals surface area contributed by atoms with E-state index in [-0.39, 0.29) is 17.7 Å². The molecule has 1 aromatic rings. The molecule has 1 aliphatic carbocycles. The lowest BCUT2D eigenvalue weighted by Crippen LogP contribution is -2.37. The highest BCUT2D eigenvalue weighted by Gasteiger charge is 2.42. The van der Waals surface area contributed by atoms with Gasteiger partial charge in [0, 0.05) is 29.0 Å². The molecule has 0 aromatic heterocycles. The molecule has 1 aromatic carbocycles. The van der Waals surface area contributed by atoms with Gasteiger partial charge in [-0.2, -0.15) is 0 Å². The molecule has 0 radical (unpaired) electrons. The first kappa shape index (κ1) is 12.4. The van der Waals surface area contributed by atoms with Crippen LogP contribution in [0.1, 0.15) is 37.7 Å². The summed E-state index contributed by atoms with van der Waals surface area (Å²) in [7, 11) is 0. The SMILES string of the molecule is CC1=C2C(=O)Oc3ccccc3C2C2=C(CCCC2=O)N1. The van der Waals surface area contributed by atoms with E-state index in [0.29, 0.717) is 17.7 Å². The maximum Gasteiger partial charge on any atom is 0.342 e. The van der Waals surface area contributed by atoms with E-state index in [1.165, 1.54) is 0 Å². The van der Waals surface area contributed by atoms with Crippen LogP contribution in [0, 0.1) is 0 Å². The van der Waals surface area contributed by atoms with Gasteiger partial charge in [-0.05, 0) is 25.8 Å². The monoisotopic (exact) mass is 281 g/mol. The number of esters is 1. The number of benzene rings is 1. The van der Waals surface area contributed by atoms with Crippen molar-refractivity contribution in [2.24, 2.45) is 0 Å². The van der Waals surface area contributed by atoms with Crippen LogP contribution in [0.25, 0.3) is 0 Å². The second kappa shape index (κ2) is 4.32. The summed E-state index contributed by atoms with van der Waals surface area (Å²) in [5.74, 6) is 0.0829. The van der Waals surface area contributed by atoms with Crippen LogP contribution in [-0.4, -0.2) is 11.8 Å². The first-order chi connectivity index (χ1) is 10.2. The van der Waals surface area contributed by atoms with Crippen molar-refractivity contribution in [3.05, 3.63) is 52.4 Å². The van der Waals surface area contributed by atoms with Crippen LogP contribution in [0.3, 0.4) is 0 Å². The van der Waals surface area contributed by atoms with E-state index < -0.39 is 0 Å². The third kappa shape index (κ3) is 1.68. The minimum Gasteiger partial charge on any atom is -0.423 e. The lowest BCUT2D eigenvalue weighted by Gasteiger charge is -2.36. The second-order valence-electron chi connectivity index (χ2n) is 5.69. The molecule has 0 fully saturated rings. The lowest BCUT2D eigenvalue weighted by atomic mass is 9.74. The number of carbonyl (C=O) groups is 2. The van der Waals surface area contributed by atoms with Gasteiger partial charge >= 0.3 is 5.97 Å². The van der Waals surface area contributed by atoms with Crippen molar-refractivity contribution >= 4 is 11.8 Å². The van der Waals surface area contributed by atoms with E-state index in [1.54, 1.807) is 6.07 Å². The maximum atomic E-state index is 12.4.